The van der Waals surface area contributed by atoms with E-state index < -0.39 is 5.60 Å². The smallest absolute Gasteiger partial charge is 0.272 e. The second-order valence-corrected chi connectivity index (χ2v) is 7.86. The SMILES string of the molecule is C=CCNC(=O)C1(Cc2ccccc2-c2cccnc2)CN(C(=O)c2ccccn2)CCO1. The van der Waals surface area contributed by atoms with Gasteiger partial charge in [0.1, 0.15) is 5.69 Å². The molecule has 1 saturated heterocycles. The summed E-state index contributed by atoms with van der Waals surface area (Å²) in [6.45, 7) is 4.74. The molecule has 1 atom stereocenters. The third kappa shape index (κ3) is 4.99. The number of aromatic nitrogens is 2. The Morgan fingerprint density at radius 2 is 1.97 bits per heavy atom. The molecule has 0 saturated carbocycles. The van der Waals surface area contributed by atoms with Gasteiger partial charge in [0.05, 0.1) is 13.2 Å². The van der Waals surface area contributed by atoms with E-state index in [2.05, 4.69) is 21.9 Å². The Morgan fingerprint density at radius 3 is 2.73 bits per heavy atom. The van der Waals surface area contributed by atoms with Gasteiger partial charge in [-0.05, 0) is 29.3 Å². The van der Waals surface area contributed by atoms with Crippen molar-refractivity contribution in [2.75, 3.05) is 26.2 Å². The lowest BCUT2D eigenvalue weighted by molar-refractivity contribution is -0.157. The van der Waals surface area contributed by atoms with E-state index in [-0.39, 0.29) is 25.0 Å². The summed E-state index contributed by atoms with van der Waals surface area (Å²) < 4.78 is 6.16. The van der Waals surface area contributed by atoms with Crippen LogP contribution in [-0.4, -0.2) is 58.5 Å². The van der Waals surface area contributed by atoms with Crippen molar-refractivity contribution in [2.45, 2.75) is 12.0 Å². The molecule has 168 valence electrons. The van der Waals surface area contributed by atoms with Crippen LogP contribution in [0.15, 0.2) is 85.8 Å². The van der Waals surface area contributed by atoms with Gasteiger partial charge in [-0.25, -0.2) is 0 Å². The zero-order valence-electron chi connectivity index (χ0n) is 18.3. The lowest BCUT2D eigenvalue weighted by atomic mass is 9.87. The first-order valence-corrected chi connectivity index (χ1v) is 10.8. The fraction of sp³-hybridized carbons (Fsp3) is 0.231. The van der Waals surface area contributed by atoms with E-state index in [1.165, 1.54) is 0 Å². The van der Waals surface area contributed by atoms with Crippen molar-refractivity contribution < 1.29 is 14.3 Å². The zero-order chi connectivity index (χ0) is 23.1. The largest absolute Gasteiger partial charge is 0.361 e. The van der Waals surface area contributed by atoms with Gasteiger partial charge in [0, 0.05) is 43.7 Å². The number of nitrogens with one attached hydrogen (secondary N) is 1. The summed E-state index contributed by atoms with van der Waals surface area (Å²) >= 11 is 0. The number of carbonyl (C=O) groups is 2. The van der Waals surface area contributed by atoms with Crippen LogP contribution in [0.2, 0.25) is 0 Å². The Balaban J connectivity index is 1.68. The average Bonchev–Trinajstić information content (AvgIpc) is 2.88. The highest BCUT2D eigenvalue weighted by Gasteiger charge is 2.45. The molecular weight excluding hydrogens is 416 g/mol. The highest BCUT2D eigenvalue weighted by Crippen LogP contribution is 2.30. The third-order valence-electron chi connectivity index (χ3n) is 5.64. The lowest BCUT2D eigenvalue weighted by Crippen LogP contribution is -2.62. The molecule has 7 heteroatoms. The van der Waals surface area contributed by atoms with Crippen LogP contribution in [-0.2, 0) is 16.0 Å². The van der Waals surface area contributed by atoms with Crippen LogP contribution in [0.1, 0.15) is 16.1 Å². The number of rotatable bonds is 7. The maximum atomic E-state index is 13.4. The number of nitrogens with zero attached hydrogens (tertiary/aromatic N) is 3. The number of ether oxygens (including phenoxy) is 1. The standard InChI is InChI=1S/C26H26N4O3/c1-2-12-29-25(32)26(17-20-8-3-4-10-22(20)21-9-7-13-27-18-21)19-30(15-16-33-26)24(31)23-11-5-6-14-28-23/h2-11,13-14,18H,1,12,15-17,19H2,(H,29,32). The summed E-state index contributed by atoms with van der Waals surface area (Å²) in [5.74, 6) is -0.498. The van der Waals surface area contributed by atoms with Crippen LogP contribution in [0.25, 0.3) is 11.1 Å². The van der Waals surface area contributed by atoms with Gasteiger partial charge in [0.2, 0.25) is 0 Å². The Hall–Kier alpha value is -3.84. The first-order chi connectivity index (χ1) is 16.1. The molecule has 0 bridgehead atoms. The number of hydrogen-bond donors (Lipinski definition) is 1. The van der Waals surface area contributed by atoms with Gasteiger partial charge in [-0.15, -0.1) is 6.58 Å². The van der Waals surface area contributed by atoms with Crippen molar-refractivity contribution in [3.63, 3.8) is 0 Å². The van der Waals surface area contributed by atoms with Gasteiger partial charge in [0.25, 0.3) is 11.8 Å². The summed E-state index contributed by atoms with van der Waals surface area (Å²) in [5.41, 5.74) is 1.96. The molecule has 0 spiro atoms. The van der Waals surface area contributed by atoms with Gasteiger partial charge >= 0.3 is 0 Å². The number of pyridine rings is 2. The molecule has 0 aliphatic carbocycles. The predicted octanol–water partition coefficient (Wildman–Crippen LogP) is 2.90. The number of benzene rings is 1. The summed E-state index contributed by atoms with van der Waals surface area (Å²) in [6.07, 6.45) is 7.02. The third-order valence-corrected chi connectivity index (χ3v) is 5.64. The monoisotopic (exact) mass is 442 g/mol. The highest BCUT2D eigenvalue weighted by atomic mass is 16.5. The van der Waals surface area contributed by atoms with Gasteiger partial charge in [-0.2, -0.15) is 0 Å². The number of carbonyl (C=O) groups excluding carboxylic acids is 2. The van der Waals surface area contributed by atoms with E-state index >= 15 is 0 Å². The molecule has 33 heavy (non-hydrogen) atoms. The molecule has 0 radical (unpaired) electrons. The quantitative estimate of drug-likeness (QED) is 0.569. The molecule has 1 aliphatic heterocycles. The van der Waals surface area contributed by atoms with E-state index in [1.54, 1.807) is 47.8 Å². The van der Waals surface area contributed by atoms with E-state index in [9.17, 15) is 9.59 Å². The van der Waals surface area contributed by atoms with Crippen molar-refractivity contribution in [2.24, 2.45) is 0 Å². The van der Waals surface area contributed by atoms with E-state index in [0.29, 0.717) is 25.2 Å². The van der Waals surface area contributed by atoms with Gasteiger partial charge in [-0.3, -0.25) is 19.6 Å². The topological polar surface area (TPSA) is 84.4 Å². The molecule has 4 rings (SSSR count). The minimum absolute atomic E-state index is 0.118. The van der Waals surface area contributed by atoms with Crippen molar-refractivity contribution in [1.82, 2.24) is 20.2 Å². The molecule has 2 aromatic heterocycles. The molecule has 3 heterocycles. The van der Waals surface area contributed by atoms with Gasteiger partial charge in [0.15, 0.2) is 5.60 Å². The summed E-state index contributed by atoms with van der Waals surface area (Å²) in [4.78, 5) is 36.6. The van der Waals surface area contributed by atoms with E-state index in [0.717, 1.165) is 16.7 Å². The molecule has 7 nitrogen and oxygen atoms in total. The number of amides is 2. The molecule has 1 unspecified atom stereocenters. The van der Waals surface area contributed by atoms with Gasteiger partial charge < -0.3 is 15.0 Å². The predicted molar refractivity (Wildman–Crippen MR) is 125 cm³/mol. The summed E-state index contributed by atoms with van der Waals surface area (Å²) in [7, 11) is 0. The van der Waals surface area contributed by atoms with Crippen LogP contribution in [0.5, 0.6) is 0 Å². The fourth-order valence-electron chi connectivity index (χ4n) is 4.05. The van der Waals surface area contributed by atoms with E-state index in [1.807, 2.05) is 36.4 Å². The van der Waals surface area contributed by atoms with E-state index in [4.69, 9.17) is 4.74 Å². The second-order valence-electron chi connectivity index (χ2n) is 7.86. The van der Waals surface area contributed by atoms with Crippen LogP contribution in [0, 0.1) is 0 Å². The minimum Gasteiger partial charge on any atom is -0.361 e. The normalized spacial score (nSPS) is 17.9. The second kappa shape index (κ2) is 10.2. The van der Waals surface area contributed by atoms with Crippen LogP contribution in [0.4, 0.5) is 0 Å². The fourth-order valence-corrected chi connectivity index (χ4v) is 4.05. The van der Waals surface area contributed by atoms with Crippen LogP contribution >= 0.6 is 0 Å². The maximum Gasteiger partial charge on any atom is 0.272 e. The maximum absolute atomic E-state index is 13.4. The molecule has 3 aromatic rings. The number of morpholine rings is 1. The molecule has 1 N–H and O–H groups in total. The Kier molecular flexibility index (Phi) is 6.90. The molecular formula is C26H26N4O3. The first kappa shape index (κ1) is 22.4. The number of hydrogen-bond acceptors (Lipinski definition) is 5. The zero-order valence-corrected chi connectivity index (χ0v) is 18.3. The minimum atomic E-state index is -1.25. The van der Waals surface area contributed by atoms with Crippen LogP contribution < -0.4 is 5.32 Å². The molecule has 1 aliphatic rings. The highest BCUT2D eigenvalue weighted by molar-refractivity contribution is 5.94. The lowest BCUT2D eigenvalue weighted by Gasteiger charge is -2.41. The van der Waals surface area contributed by atoms with Crippen molar-refractivity contribution in [1.29, 1.82) is 0 Å². The molecule has 1 fully saturated rings. The van der Waals surface area contributed by atoms with Crippen LogP contribution in [0.3, 0.4) is 0 Å². The Bertz CT molecular complexity index is 1120. The molecule has 2 amide bonds. The van der Waals surface area contributed by atoms with Crippen molar-refractivity contribution >= 4 is 11.8 Å². The van der Waals surface area contributed by atoms with Crippen molar-refractivity contribution in [3.8, 4) is 11.1 Å². The Morgan fingerprint density at radius 1 is 1.12 bits per heavy atom. The Labute approximate surface area is 193 Å². The van der Waals surface area contributed by atoms with Gasteiger partial charge in [-0.1, -0.05) is 42.5 Å². The first-order valence-electron chi connectivity index (χ1n) is 10.8. The summed E-state index contributed by atoms with van der Waals surface area (Å²) in [5, 5.41) is 2.87. The average molecular weight is 443 g/mol. The van der Waals surface area contributed by atoms with Crippen molar-refractivity contribution in [3.05, 3.63) is 97.1 Å². The molecule has 1 aromatic carbocycles. The summed E-state index contributed by atoms with van der Waals surface area (Å²) in [6, 6.07) is 16.9.